The van der Waals surface area contributed by atoms with Crippen LogP contribution in [0.1, 0.15) is 23.6 Å². The summed E-state index contributed by atoms with van der Waals surface area (Å²) in [6, 6.07) is 3.58. The Balaban J connectivity index is 2.98. The van der Waals surface area contributed by atoms with E-state index >= 15 is 0 Å². The van der Waals surface area contributed by atoms with E-state index in [0.717, 1.165) is 5.56 Å². The molecule has 0 spiro atoms. The topological polar surface area (TPSA) is 64.6 Å². The van der Waals surface area contributed by atoms with Gasteiger partial charge in [0.1, 0.15) is 4.90 Å². The van der Waals surface area contributed by atoms with Crippen molar-refractivity contribution in [1.82, 2.24) is 5.48 Å². The molecule has 6 heteroatoms. The molecule has 0 bridgehead atoms. The zero-order valence-electron chi connectivity index (χ0n) is 11.6. The van der Waals surface area contributed by atoms with E-state index in [1.54, 1.807) is 32.9 Å². The highest BCUT2D eigenvalue weighted by Crippen LogP contribution is 2.23. The van der Waals surface area contributed by atoms with E-state index in [1.165, 1.54) is 0 Å². The molecule has 1 aromatic carbocycles. The number of benzene rings is 1. The summed E-state index contributed by atoms with van der Waals surface area (Å²) in [7, 11) is -3.90. The van der Waals surface area contributed by atoms with Crippen molar-refractivity contribution in [3.05, 3.63) is 41.3 Å². The maximum absolute atomic E-state index is 12.1. The number of hydrogen-bond acceptors (Lipinski definition) is 5. The second-order valence-electron chi connectivity index (χ2n) is 4.22. The molecule has 106 valence electrons. The van der Waals surface area contributed by atoms with Gasteiger partial charge in [0.2, 0.25) is 5.88 Å². The standard InChI is InChI=1S/C13H19NO4S/c1-6-17-12(5)14-18-19(15,16)13-10(3)7-9(2)8-11(13)4/h7-8,14H,5-6H2,1-4H3. The van der Waals surface area contributed by atoms with Gasteiger partial charge in [0.25, 0.3) is 0 Å². The third kappa shape index (κ3) is 3.97. The summed E-state index contributed by atoms with van der Waals surface area (Å²) in [6.45, 7) is 11.0. The minimum atomic E-state index is -3.90. The second-order valence-corrected chi connectivity index (χ2v) is 5.71. The normalized spacial score (nSPS) is 11.2. The van der Waals surface area contributed by atoms with Gasteiger partial charge < -0.3 is 4.74 Å². The fourth-order valence-electron chi connectivity index (χ4n) is 1.91. The molecule has 1 rings (SSSR count). The predicted octanol–water partition coefficient (Wildman–Crippen LogP) is 2.33. The van der Waals surface area contributed by atoms with Gasteiger partial charge in [0.05, 0.1) is 6.61 Å². The molecule has 0 heterocycles. The van der Waals surface area contributed by atoms with Crippen LogP contribution >= 0.6 is 0 Å². The lowest BCUT2D eigenvalue weighted by Gasteiger charge is -2.13. The minimum Gasteiger partial charge on any atom is -0.478 e. The molecular formula is C13H19NO4S. The lowest BCUT2D eigenvalue weighted by molar-refractivity contribution is 0.119. The van der Waals surface area contributed by atoms with Crippen LogP contribution in [0.4, 0.5) is 0 Å². The molecule has 5 nitrogen and oxygen atoms in total. The first-order valence-electron chi connectivity index (χ1n) is 5.87. The van der Waals surface area contributed by atoms with Crippen molar-refractivity contribution < 1.29 is 17.4 Å². The van der Waals surface area contributed by atoms with Crippen molar-refractivity contribution in [3.63, 3.8) is 0 Å². The second kappa shape index (κ2) is 6.08. The van der Waals surface area contributed by atoms with E-state index in [9.17, 15) is 8.42 Å². The lowest BCUT2D eigenvalue weighted by atomic mass is 10.1. The van der Waals surface area contributed by atoms with Crippen molar-refractivity contribution in [2.45, 2.75) is 32.6 Å². The monoisotopic (exact) mass is 285 g/mol. The van der Waals surface area contributed by atoms with Gasteiger partial charge in [-0.2, -0.15) is 8.42 Å². The summed E-state index contributed by atoms with van der Waals surface area (Å²) < 4.78 is 33.9. The van der Waals surface area contributed by atoms with E-state index in [2.05, 4.69) is 12.1 Å². The number of rotatable bonds is 6. The van der Waals surface area contributed by atoms with Crippen LogP contribution in [-0.4, -0.2) is 15.0 Å². The SMILES string of the molecule is C=C(NOS(=O)(=O)c1c(C)cc(C)cc1C)OCC. The van der Waals surface area contributed by atoms with Gasteiger partial charge in [0, 0.05) is 0 Å². The first-order valence-corrected chi connectivity index (χ1v) is 7.27. The van der Waals surface area contributed by atoms with Gasteiger partial charge in [-0.25, -0.2) is 5.48 Å². The number of hydrogen-bond donors (Lipinski definition) is 1. The molecule has 0 aliphatic heterocycles. The van der Waals surface area contributed by atoms with Crippen molar-refractivity contribution in [1.29, 1.82) is 0 Å². The first-order chi connectivity index (χ1) is 8.77. The van der Waals surface area contributed by atoms with Crippen molar-refractivity contribution >= 4 is 10.1 Å². The maximum Gasteiger partial charge on any atom is 0.318 e. The number of hydroxylamine groups is 1. The smallest absolute Gasteiger partial charge is 0.318 e. The first kappa shape index (κ1) is 15.5. The van der Waals surface area contributed by atoms with E-state index < -0.39 is 10.1 Å². The van der Waals surface area contributed by atoms with Gasteiger partial charge in [0.15, 0.2) is 0 Å². The lowest BCUT2D eigenvalue weighted by Crippen LogP contribution is -2.22. The Labute approximate surface area is 114 Å². The number of nitrogens with one attached hydrogen (secondary N) is 1. The Morgan fingerprint density at radius 3 is 2.26 bits per heavy atom. The molecule has 0 aliphatic rings. The average molecular weight is 285 g/mol. The predicted molar refractivity (Wildman–Crippen MR) is 72.8 cm³/mol. The molecule has 0 atom stereocenters. The Hall–Kier alpha value is -1.53. The van der Waals surface area contributed by atoms with Crippen LogP contribution < -0.4 is 5.48 Å². The van der Waals surface area contributed by atoms with E-state index in [4.69, 9.17) is 9.02 Å². The molecule has 0 amide bonds. The number of ether oxygens (including phenoxy) is 1. The fraction of sp³-hybridized carbons (Fsp3) is 0.385. The molecule has 0 saturated carbocycles. The highest BCUT2D eigenvalue weighted by Gasteiger charge is 2.21. The minimum absolute atomic E-state index is 0.0495. The third-order valence-electron chi connectivity index (χ3n) is 2.44. The molecule has 1 aromatic rings. The Morgan fingerprint density at radius 2 is 1.79 bits per heavy atom. The van der Waals surface area contributed by atoms with E-state index in [-0.39, 0.29) is 10.8 Å². The van der Waals surface area contributed by atoms with Crippen LogP contribution in [0.15, 0.2) is 29.5 Å². The fourth-order valence-corrected chi connectivity index (χ4v) is 3.10. The van der Waals surface area contributed by atoms with Gasteiger partial charge in [-0.1, -0.05) is 17.7 Å². The Bertz CT molecular complexity index is 555. The van der Waals surface area contributed by atoms with Gasteiger partial charge in [-0.3, -0.25) is 0 Å². The van der Waals surface area contributed by atoms with Gasteiger partial charge >= 0.3 is 10.1 Å². The summed E-state index contributed by atoms with van der Waals surface area (Å²) in [5.74, 6) is 0.0495. The van der Waals surface area contributed by atoms with Crippen LogP contribution in [0.3, 0.4) is 0 Å². The van der Waals surface area contributed by atoms with Crippen molar-refractivity contribution in [2.24, 2.45) is 0 Å². The third-order valence-corrected chi connectivity index (χ3v) is 3.89. The molecular weight excluding hydrogens is 266 g/mol. The van der Waals surface area contributed by atoms with Crippen molar-refractivity contribution in [3.8, 4) is 0 Å². The molecule has 0 saturated heterocycles. The van der Waals surface area contributed by atoms with Crippen LogP contribution in [0, 0.1) is 20.8 Å². The van der Waals surface area contributed by atoms with Crippen LogP contribution in [-0.2, 0) is 19.1 Å². The maximum atomic E-state index is 12.1. The van der Waals surface area contributed by atoms with E-state index in [0.29, 0.717) is 17.7 Å². The molecule has 0 aromatic heterocycles. The number of aryl methyl sites for hydroxylation is 3. The molecule has 19 heavy (non-hydrogen) atoms. The zero-order chi connectivity index (χ0) is 14.6. The highest BCUT2D eigenvalue weighted by molar-refractivity contribution is 7.86. The highest BCUT2D eigenvalue weighted by atomic mass is 32.2. The van der Waals surface area contributed by atoms with E-state index in [1.807, 2.05) is 6.92 Å². The van der Waals surface area contributed by atoms with Gasteiger partial charge in [-0.15, -0.1) is 4.28 Å². The largest absolute Gasteiger partial charge is 0.478 e. The van der Waals surface area contributed by atoms with Gasteiger partial charge in [-0.05, 0) is 45.4 Å². The zero-order valence-corrected chi connectivity index (χ0v) is 12.4. The average Bonchev–Trinajstić information content (AvgIpc) is 2.25. The summed E-state index contributed by atoms with van der Waals surface area (Å²) in [5, 5.41) is 0. The Kier molecular flexibility index (Phi) is 4.97. The molecule has 0 fully saturated rings. The van der Waals surface area contributed by atoms with Crippen LogP contribution in [0.5, 0.6) is 0 Å². The summed E-state index contributed by atoms with van der Waals surface area (Å²) in [5.41, 5.74) is 4.47. The molecule has 0 aliphatic carbocycles. The summed E-state index contributed by atoms with van der Waals surface area (Å²) in [4.78, 5) is 0.162. The quantitative estimate of drug-likeness (QED) is 0.642. The molecule has 0 unspecified atom stereocenters. The summed E-state index contributed by atoms with van der Waals surface area (Å²) >= 11 is 0. The van der Waals surface area contributed by atoms with Crippen LogP contribution in [0.25, 0.3) is 0 Å². The molecule has 1 N–H and O–H groups in total. The summed E-state index contributed by atoms with van der Waals surface area (Å²) in [6.07, 6.45) is 0. The van der Waals surface area contributed by atoms with Crippen molar-refractivity contribution in [2.75, 3.05) is 6.61 Å². The Morgan fingerprint density at radius 1 is 1.26 bits per heavy atom. The molecule has 0 radical (unpaired) electrons. The van der Waals surface area contributed by atoms with Crippen LogP contribution in [0.2, 0.25) is 0 Å².